The number of halogens is 2. The highest BCUT2D eigenvalue weighted by Gasteiger charge is 2.19. The maximum atomic E-state index is 5.46. The molecule has 0 fully saturated rings. The van der Waals surface area contributed by atoms with Crippen LogP contribution in [-0.2, 0) is 0 Å². The van der Waals surface area contributed by atoms with E-state index in [1.807, 2.05) is 0 Å². The summed E-state index contributed by atoms with van der Waals surface area (Å²) in [5.41, 5.74) is 0. The third kappa shape index (κ3) is 6.90. The molecule has 0 bridgehead atoms. The van der Waals surface area contributed by atoms with Crippen molar-refractivity contribution in [2.45, 2.75) is 19.6 Å². The van der Waals surface area contributed by atoms with Gasteiger partial charge in [0.25, 0.3) is 0 Å². The summed E-state index contributed by atoms with van der Waals surface area (Å²) in [5, 5.41) is 0. The van der Waals surface area contributed by atoms with E-state index in [1.54, 1.807) is 0 Å². The van der Waals surface area contributed by atoms with Crippen molar-refractivity contribution >= 4 is 37.1 Å². The van der Waals surface area contributed by atoms with Crippen LogP contribution in [0.15, 0.2) is 4.41 Å². The van der Waals surface area contributed by atoms with Crippen molar-refractivity contribution in [1.29, 1.82) is 0 Å². The van der Waals surface area contributed by atoms with Gasteiger partial charge in [0.15, 0.2) is 0 Å². The van der Waals surface area contributed by atoms with Crippen LogP contribution in [0.25, 0.3) is 0 Å². The first-order valence-corrected chi connectivity index (χ1v) is 8.81. The quantitative estimate of drug-likeness (QED) is 0.439. The summed E-state index contributed by atoms with van der Waals surface area (Å²) in [7, 11) is -1.33. The Balaban J connectivity index is 3.89. The van der Waals surface area contributed by atoms with Gasteiger partial charge >= 0.3 is 6.42 Å². The maximum absolute atomic E-state index is 5.46. The molecule has 0 aliphatic rings. The normalized spacial score (nSPS) is 11.1. The fourth-order valence-corrected chi connectivity index (χ4v) is 6.12. The minimum atomic E-state index is -1.33. The van der Waals surface area contributed by atoms with Crippen LogP contribution >= 0.6 is 28.9 Å². The third-order valence-electron chi connectivity index (χ3n) is 0.376. The Bertz CT molecular complexity index is 104. The van der Waals surface area contributed by atoms with E-state index in [0.29, 0.717) is 0 Å². The van der Waals surface area contributed by atoms with Crippen LogP contribution in [0.2, 0.25) is 19.6 Å². The van der Waals surface area contributed by atoms with Gasteiger partial charge in [-0.05, 0) is 19.6 Å². The maximum Gasteiger partial charge on any atom is 0.427 e. The van der Waals surface area contributed by atoms with Crippen LogP contribution in [0.5, 0.6) is 0 Å². The smallest absolute Gasteiger partial charge is 0.127 e. The van der Waals surface area contributed by atoms with Gasteiger partial charge in [-0.3, -0.25) is 0 Å². The molecule has 0 heterocycles. The van der Waals surface area contributed by atoms with Gasteiger partial charge in [0.1, 0.15) is 0 Å². The van der Waals surface area contributed by atoms with E-state index >= 15 is 0 Å². The van der Waals surface area contributed by atoms with Crippen molar-refractivity contribution < 1.29 is 0 Å². The van der Waals surface area contributed by atoms with Crippen LogP contribution in [0, 0.1) is 0 Å². The Morgan fingerprint density at radius 1 is 1.25 bits per heavy atom. The third-order valence-corrected chi connectivity index (χ3v) is 4.74. The first-order chi connectivity index (χ1) is 3.42. The van der Waals surface area contributed by atoms with E-state index in [4.69, 9.17) is 22.5 Å². The highest BCUT2D eigenvalue weighted by Crippen LogP contribution is 2.39. The van der Waals surface area contributed by atoms with Gasteiger partial charge in [0, 0.05) is 0 Å². The van der Waals surface area contributed by atoms with E-state index in [-0.39, 0.29) is 0 Å². The molecule has 1 nitrogen and oxygen atoms in total. The second-order valence-electron chi connectivity index (χ2n) is 2.49. The Labute approximate surface area is 61.5 Å². The second-order valence-corrected chi connectivity index (χ2v) is 10.5. The summed E-state index contributed by atoms with van der Waals surface area (Å²) in [6.07, 6.45) is -1.06. The van der Waals surface area contributed by atoms with Crippen molar-refractivity contribution in [2.75, 3.05) is 0 Å². The minimum absolute atomic E-state index is 1.06. The zero-order valence-corrected chi connectivity index (χ0v) is 8.56. The summed E-state index contributed by atoms with van der Waals surface area (Å²) < 4.78 is 4.14. The number of nitrogens with zero attached hydrogens (tertiary/aromatic N) is 1. The summed E-state index contributed by atoms with van der Waals surface area (Å²) in [4.78, 5) is 0. The fourth-order valence-electron chi connectivity index (χ4n) is 0.227. The minimum Gasteiger partial charge on any atom is -0.127 e. The summed E-state index contributed by atoms with van der Waals surface area (Å²) in [6.45, 7) is 6.31. The molecule has 0 saturated carbocycles. The first kappa shape index (κ1) is 8.90. The number of rotatable bonds is 1. The Morgan fingerprint density at radius 2 is 1.62 bits per heavy atom. The highest BCUT2D eigenvalue weighted by atomic mass is 35.9. The zero-order valence-electron chi connectivity index (χ0n) is 5.15. The van der Waals surface area contributed by atoms with E-state index in [1.165, 1.54) is 0 Å². The fraction of sp³-hybridized carbons (Fsp3) is 1.00. The lowest BCUT2D eigenvalue weighted by atomic mass is 11.8. The van der Waals surface area contributed by atoms with Crippen LogP contribution < -0.4 is 0 Å². The van der Waals surface area contributed by atoms with Crippen molar-refractivity contribution in [2.24, 2.45) is 4.41 Å². The molecule has 0 aliphatic carbocycles. The molecule has 0 rings (SSSR count). The molecule has 0 N–H and O–H groups in total. The molecule has 0 unspecified atom stereocenters. The summed E-state index contributed by atoms with van der Waals surface area (Å²) in [5.74, 6) is 0. The lowest BCUT2D eigenvalue weighted by molar-refractivity contribution is 1.61. The van der Waals surface area contributed by atoms with Crippen LogP contribution in [0.3, 0.4) is 0 Å². The highest BCUT2D eigenvalue weighted by molar-refractivity contribution is 7.97. The van der Waals surface area contributed by atoms with Crippen molar-refractivity contribution in [1.82, 2.24) is 0 Å². The van der Waals surface area contributed by atoms with E-state index in [2.05, 4.69) is 24.1 Å². The van der Waals surface area contributed by atoms with Crippen molar-refractivity contribution in [3.63, 3.8) is 0 Å². The molecule has 0 atom stereocenters. The largest absolute Gasteiger partial charge is 0.427 e. The topological polar surface area (TPSA) is 12.4 Å². The van der Waals surface area contributed by atoms with Crippen LogP contribution in [-0.4, -0.2) is 8.24 Å². The molecule has 0 amide bonds. The van der Waals surface area contributed by atoms with Crippen LogP contribution in [0.4, 0.5) is 0 Å². The summed E-state index contributed by atoms with van der Waals surface area (Å²) in [6, 6.07) is 0. The SMILES string of the molecule is C[Si](C)(C)N=[P+](Cl)Cl. The molecule has 0 radical (unpaired) electrons. The molecule has 48 valence electrons. The Kier molecular flexibility index (Phi) is 3.52. The molecule has 8 heavy (non-hydrogen) atoms. The lowest BCUT2D eigenvalue weighted by Gasteiger charge is -1.98. The van der Waals surface area contributed by atoms with Gasteiger partial charge < -0.3 is 0 Å². The standard InChI is InChI=1S/C3H9Cl2NPSi/c1-8(2,3)6-7(4)5/h1-3H3/q+1. The Hall–Kier alpha value is 0.897. The van der Waals surface area contributed by atoms with Gasteiger partial charge in [-0.2, -0.15) is 0 Å². The predicted octanol–water partition coefficient (Wildman–Crippen LogP) is 3.79. The van der Waals surface area contributed by atoms with Crippen LogP contribution in [0.1, 0.15) is 0 Å². The number of hydrogen-bond donors (Lipinski definition) is 0. The molecular weight excluding hydrogens is 180 g/mol. The molecule has 0 aliphatic heterocycles. The molecular formula is C3H9Cl2NPSi+. The monoisotopic (exact) mass is 188 g/mol. The zero-order chi connectivity index (χ0) is 6.78. The predicted molar refractivity (Wildman–Crippen MR) is 44.4 cm³/mol. The Morgan fingerprint density at radius 3 is 1.62 bits per heavy atom. The second kappa shape index (κ2) is 3.16. The lowest BCUT2D eigenvalue weighted by Crippen LogP contribution is -2.13. The van der Waals surface area contributed by atoms with Crippen molar-refractivity contribution in [3.05, 3.63) is 0 Å². The van der Waals surface area contributed by atoms with Crippen molar-refractivity contribution in [3.8, 4) is 0 Å². The van der Waals surface area contributed by atoms with Gasteiger partial charge in [0.2, 0.25) is 30.7 Å². The number of hydrogen-bond acceptors (Lipinski definition) is 1. The average molecular weight is 189 g/mol. The molecule has 0 saturated heterocycles. The van der Waals surface area contributed by atoms with Gasteiger partial charge in [-0.1, -0.05) is 0 Å². The molecule has 0 aromatic carbocycles. The molecule has 0 aromatic rings. The van der Waals surface area contributed by atoms with Gasteiger partial charge in [-0.25, -0.2) is 0 Å². The molecule has 0 aromatic heterocycles. The van der Waals surface area contributed by atoms with Gasteiger partial charge in [0.05, 0.1) is 0 Å². The van der Waals surface area contributed by atoms with Gasteiger partial charge in [-0.15, -0.1) is 4.41 Å². The van der Waals surface area contributed by atoms with E-state index < -0.39 is 14.7 Å². The average Bonchev–Trinajstić information content (AvgIpc) is 1.21. The van der Waals surface area contributed by atoms with E-state index in [0.717, 1.165) is 0 Å². The first-order valence-electron chi connectivity index (χ1n) is 2.26. The molecule has 0 spiro atoms. The summed E-state index contributed by atoms with van der Waals surface area (Å²) >= 11 is 10.9. The molecule has 5 heteroatoms. The van der Waals surface area contributed by atoms with E-state index in [9.17, 15) is 0 Å².